The first-order valence-electron chi connectivity index (χ1n) is 6.04. The van der Waals surface area contributed by atoms with Crippen molar-refractivity contribution in [3.63, 3.8) is 0 Å². The second kappa shape index (κ2) is 6.84. The highest BCUT2D eigenvalue weighted by Gasteiger charge is 2.21. The normalized spacial score (nSPS) is 11.9. The van der Waals surface area contributed by atoms with Gasteiger partial charge in [0, 0.05) is 6.54 Å². The number of hydrogen-bond donors (Lipinski definition) is 3. The Bertz CT molecular complexity index is 477. The van der Waals surface area contributed by atoms with Gasteiger partial charge in [-0.2, -0.15) is 0 Å². The molecule has 1 unspecified atom stereocenters. The van der Waals surface area contributed by atoms with E-state index in [0.717, 1.165) is 12.5 Å². The molecule has 104 valence electrons. The van der Waals surface area contributed by atoms with E-state index in [9.17, 15) is 14.0 Å². The Hall–Kier alpha value is -1.95. The molecule has 0 radical (unpaired) electrons. The molecule has 0 aliphatic rings. The van der Waals surface area contributed by atoms with Crippen LogP contribution in [-0.2, 0) is 4.79 Å². The zero-order chi connectivity index (χ0) is 14.4. The molecule has 6 heteroatoms. The van der Waals surface area contributed by atoms with E-state index < -0.39 is 23.6 Å². The minimum Gasteiger partial charge on any atom is -0.478 e. The number of nitrogens with two attached hydrogens (primary N) is 1. The predicted molar refractivity (Wildman–Crippen MR) is 69.4 cm³/mol. The number of benzene rings is 1. The van der Waals surface area contributed by atoms with E-state index in [1.165, 1.54) is 12.1 Å². The second-order valence-corrected chi connectivity index (χ2v) is 4.18. The minimum atomic E-state index is -1.30. The average molecular weight is 268 g/mol. The van der Waals surface area contributed by atoms with Crippen LogP contribution in [0.3, 0.4) is 0 Å². The van der Waals surface area contributed by atoms with Crippen molar-refractivity contribution < 1.29 is 19.1 Å². The number of anilines is 1. The molecule has 4 N–H and O–H groups in total. The summed E-state index contributed by atoms with van der Waals surface area (Å²) in [5, 5.41) is 11.3. The number of aromatic carboxylic acids is 1. The number of rotatable bonds is 6. The molecule has 0 spiro atoms. The van der Waals surface area contributed by atoms with Gasteiger partial charge in [0.05, 0.1) is 17.2 Å². The SMILES string of the molecule is CCCC(CN)C(=O)Nc1c(F)cccc1C(=O)O. The molecule has 0 bridgehead atoms. The van der Waals surface area contributed by atoms with Crippen molar-refractivity contribution >= 4 is 17.6 Å². The summed E-state index contributed by atoms with van der Waals surface area (Å²) >= 11 is 0. The van der Waals surface area contributed by atoms with E-state index >= 15 is 0 Å². The van der Waals surface area contributed by atoms with Crippen LogP contribution in [0.15, 0.2) is 18.2 Å². The van der Waals surface area contributed by atoms with Gasteiger partial charge in [-0.15, -0.1) is 0 Å². The lowest BCUT2D eigenvalue weighted by Gasteiger charge is -2.15. The Kier molecular flexibility index (Phi) is 5.44. The molecule has 1 amide bonds. The monoisotopic (exact) mass is 268 g/mol. The third-order valence-electron chi connectivity index (χ3n) is 2.78. The molecule has 1 rings (SSSR count). The molecule has 5 nitrogen and oxygen atoms in total. The first kappa shape index (κ1) is 15.1. The van der Waals surface area contributed by atoms with Gasteiger partial charge in [0.25, 0.3) is 0 Å². The number of hydrogen-bond acceptors (Lipinski definition) is 3. The Morgan fingerprint density at radius 1 is 1.47 bits per heavy atom. The zero-order valence-electron chi connectivity index (χ0n) is 10.6. The zero-order valence-corrected chi connectivity index (χ0v) is 10.6. The first-order valence-corrected chi connectivity index (χ1v) is 6.04. The molecule has 0 aliphatic carbocycles. The lowest BCUT2D eigenvalue weighted by Crippen LogP contribution is -2.30. The van der Waals surface area contributed by atoms with Crippen molar-refractivity contribution in [2.24, 2.45) is 11.7 Å². The Morgan fingerprint density at radius 2 is 2.16 bits per heavy atom. The number of halogens is 1. The number of carboxylic acids is 1. The topological polar surface area (TPSA) is 92.4 Å². The molecule has 0 fully saturated rings. The summed E-state index contributed by atoms with van der Waals surface area (Å²) in [6.45, 7) is 2.04. The number of carboxylic acid groups (broad SMARTS) is 1. The van der Waals surface area contributed by atoms with Crippen LogP contribution in [0.2, 0.25) is 0 Å². The first-order chi connectivity index (χ1) is 9.01. The van der Waals surface area contributed by atoms with Crippen molar-refractivity contribution in [1.82, 2.24) is 0 Å². The van der Waals surface area contributed by atoms with Gasteiger partial charge in [0.2, 0.25) is 5.91 Å². The van der Waals surface area contributed by atoms with E-state index in [4.69, 9.17) is 10.8 Å². The van der Waals surface area contributed by atoms with Gasteiger partial charge >= 0.3 is 5.97 Å². The summed E-state index contributed by atoms with van der Waals surface area (Å²) in [4.78, 5) is 22.9. The standard InChI is InChI=1S/C13H17FN2O3/c1-2-4-8(7-15)12(17)16-11-9(13(18)19)5-3-6-10(11)14/h3,5-6,8H,2,4,7,15H2,1H3,(H,16,17)(H,18,19). The molecular weight excluding hydrogens is 251 g/mol. The molecule has 19 heavy (non-hydrogen) atoms. The van der Waals surface area contributed by atoms with Crippen LogP contribution in [0.25, 0.3) is 0 Å². The maximum absolute atomic E-state index is 13.6. The predicted octanol–water partition coefficient (Wildman–Crippen LogP) is 1.84. The third kappa shape index (κ3) is 3.75. The van der Waals surface area contributed by atoms with Crippen LogP contribution in [0.1, 0.15) is 30.1 Å². The Morgan fingerprint density at radius 3 is 2.68 bits per heavy atom. The molecule has 0 heterocycles. The summed E-state index contributed by atoms with van der Waals surface area (Å²) < 4.78 is 13.6. The number of para-hydroxylation sites is 1. The van der Waals surface area contributed by atoms with Crippen molar-refractivity contribution in [2.45, 2.75) is 19.8 Å². The highest BCUT2D eigenvalue weighted by molar-refractivity contribution is 6.01. The maximum atomic E-state index is 13.6. The average Bonchev–Trinajstić information content (AvgIpc) is 2.37. The van der Waals surface area contributed by atoms with Gasteiger partial charge in [0.1, 0.15) is 5.82 Å². The minimum absolute atomic E-state index is 0.135. The molecule has 1 aromatic carbocycles. The fourth-order valence-corrected chi connectivity index (χ4v) is 1.76. The second-order valence-electron chi connectivity index (χ2n) is 4.18. The number of nitrogens with one attached hydrogen (secondary N) is 1. The fraction of sp³-hybridized carbons (Fsp3) is 0.385. The molecule has 1 aromatic rings. The molecule has 0 aromatic heterocycles. The van der Waals surface area contributed by atoms with E-state index in [2.05, 4.69) is 5.32 Å². The fourth-order valence-electron chi connectivity index (χ4n) is 1.76. The summed E-state index contributed by atoms with van der Waals surface area (Å²) in [7, 11) is 0. The maximum Gasteiger partial charge on any atom is 0.337 e. The molecule has 1 atom stereocenters. The molecule has 0 aliphatic heterocycles. The number of carbonyl (C=O) groups is 2. The third-order valence-corrected chi connectivity index (χ3v) is 2.78. The summed E-state index contributed by atoms with van der Waals surface area (Å²) in [5.41, 5.74) is 4.89. The van der Waals surface area contributed by atoms with Crippen molar-refractivity contribution in [2.75, 3.05) is 11.9 Å². The molecular formula is C13H17FN2O3. The van der Waals surface area contributed by atoms with Crippen molar-refractivity contribution in [3.8, 4) is 0 Å². The molecule has 0 saturated heterocycles. The number of amides is 1. The van der Waals surface area contributed by atoms with Crippen LogP contribution < -0.4 is 11.1 Å². The van der Waals surface area contributed by atoms with Crippen LogP contribution in [0.4, 0.5) is 10.1 Å². The highest BCUT2D eigenvalue weighted by atomic mass is 19.1. The van der Waals surface area contributed by atoms with Gasteiger partial charge in [-0.1, -0.05) is 19.4 Å². The highest BCUT2D eigenvalue weighted by Crippen LogP contribution is 2.21. The lowest BCUT2D eigenvalue weighted by atomic mass is 10.0. The summed E-state index contributed by atoms with van der Waals surface area (Å²) in [6.07, 6.45) is 1.33. The lowest BCUT2D eigenvalue weighted by molar-refractivity contribution is -0.119. The Balaban J connectivity index is 2.98. The van der Waals surface area contributed by atoms with Crippen molar-refractivity contribution in [3.05, 3.63) is 29.6 Å². The Labute approximate surface area is 110 Å². The van der Waals surface area contributed by atoms with E-state index in [0.29, 0.717) is 6.42 Å². The largest absolute Gasteiger partial charge is 0.478 e. The van der Waals surface area contributed by atoms with E-state index in [1.54, 1.807) is 0 Å². The van der Waals surface area contributed by atoms with Gasteiger partial charge in [0.15, 0.2) is 0 Å². The van der Waals surface area contributed by atoms with E-state index in [-0.39, 0.29) is 17.8 Å². The van der Waals surface area contributed by atoms with Gasteiger partial charge in [-0.3, -0.25) is 4.79 Å². The summed E-state index contributed by atoms with van der Waals surface area (Å²) in [6, 6.07) is 3.61. The summed E-state index contributed by atoms with van der Waals surface area (Å²) in [5.74, 6) is -2.99. The van der Waals surface area contributed by atoms with Crippen LogP contribution in [0.5, 0.6) is 0 Å². The van der Waals surface area contributed by atoms with Gasteiger partial charge < -0.3 is 16.2 Å². The quantitative estimate of drug-likeness (QED) is 0.734. The van der Waals surface area contributed by atoms with Crippen LogP contribution in [-0.4, -0.2) is 23.5 Å². The molecule has 0 saturated carbocycles. The number of carbonyl (C=O) groups excluding carboxylic acids is 1. The van der Waals surface area contributed by atoms with Gasteiger partial charge in [-0.05, 0) is 18.6 Å². The van der Waals surface area contributed by atoms with Crippen LogP contribution in [0, 0.1) is 11.7 Å². The van der Waals surface area contributed by atoms with Gasteiger partial charge in [-0.25, -0.2) is 9.18 Å². The van der Waals surface area contributed by atoms with E-state index in [1.807, 2.05) is 6.92 Å². The van der Waals surface area contributed by atoms with Crippen molar-refractivity contribution in [1.29, 1.82) is 0 Å². The van der Waals surface area contributed by atoms with Crippen LogP contribution >= 0.6 is 0 Å². The smallest absolute Gasteiger partial charge is 0.337 e.